The second-order valence-electron chi connectivity index (χ2n) is 1.71. The predicted molar refractivity (Wildman–Crippen MR) is 31.8 cm³/mol. The summed E-state index contributed by atoms with van der Waals surface area (Å²) in [6.45, 7) is 3.68. The number of nitrogens with zero attached hydrogens (tertiary/aromatic N) is 3. The molecule has 0 aliphatic carbocycles. The lowest BCUT2D eigenvalue weighted by atomic mass is 10.7. The summed E-state index contributed by atoms with van der Waals surface area (Å²) in [5, 5.41) is 7.36. The van der Waals surface area contributed by atoms with Crippen molar-refractivity contribution < 1.29 is 0 Å². The summed E-state index contributed by atoms with van der Waals surface area (Å²) in [4.78, 5) is 0. The van der Waals surface area contributed by atoms with E-state index in [4.69, 9.17) is 5.84 Å². The number of hydrogen-bond acceptors (Lipinski definition) is 4. The van der Waals surface area contributed by atoms with Crippen molar-refractivity contribution in [3.8, 4) is 0 Å². The predicted octanol–water partition coefficient (Wildman–Crippen LogP) is -0.602. The fourth-order valence-corrected chi connectivity index (χ4v) is 0.583. The van der Waals surface area contributed by atoms with Gasteiger partial charge >= 0.3 is 0 Å². The number of nitrogens with two attached hydrogens (primary N) is 1. The van der Waals surface area contributed by atoms with Gasteiger partial charge in [0.25, 0.3) is 0 Å². The van der Waals surface area contributed by atoms with Gasteiger partial charge in [0.1, 0.15) is 13.0 Å². The molecule has 0 unspecified atom stereocenters. The van der Waals surface area contributed by atoms with E-state index in [1.165, 1.54) is 0 Å². The summed E-state index contributed by atoms with van der Waals surface area (Å²) in [5.74, 6) is 5.34. The van der Waals surface area contributed by atoms with Gasteiger partial charge < -0.3 is 0 Å². The van der Waals surface area contributed by atoms with Crippen molar-refractivity contribution in [3.63, 3.8) is 0 Å². The minimum atomic E-state index is 0.719. The first-order chi connectivity index (χ1) is 3.83. The zero-order valence-corrected chi connectivity index (χ0v) is 4.91. The molecule has 1 aliphatic heterocycles. The molecule has 0 bridgehead atoms. The molecule has 0 saturated carbocycles. The molecule has 4 heteroatoms. The van der Waals surface area contributed by atoms with Crippen LogP contribution in [-0.4, -0.2) is 29.6 Å². The van der Waals surface area contributed by atoms with Crippen molar-refractivity contribution in [3.05, 3.63) is 0 Å². The Kier molecular flexibility index (Phi) is 1.34. The van der Waals surface area contributed by atoms with Crippen LogP contribution in [0, 0.1) is 0 Å². The fraction of sp³-hybridized carbons (Fsp3) is 0.750. The number of hydrazine groups is 1. The van der Waals surface area contributed by atoms with E-state index in [-0.39, 0.29) is 0 Å². The Balaban J connectivity index is 2.34. The average molecular weight is 114 g/mol. The summed E-state index contributed by atoms with van der Waals surface area (Å²) in [6.07, 6.45) is 1.61. The first kappa shape index (κ1) is 5.37. The van der Waals surface area contributed by atoms with Gasteiger partial charge in [0, 0.05) is 6.54 Å². The first-order valence-electron chi connectivity index (χ1n) is 2.63. The molecule has 0 atom stereocenters. The summed E-state index contributed by atoms with van der Waals surface area (Å²) in [6, 6.07) is 0. The highest BCUT2D eigenvalue weighted by atomic mass is 15.6. The first-order valence-corrected chi connectivity index (χ1v) is 2.63. The van der Waals surface area contributed by atoms with E-state index >= 15 is 0 Å². The van der Waals surface area contributed by atoms with Gasteiger partial charge in [-0.1, -0.05) is 0 Å². The summed E-state index contributed by atoms with van der Waals surface area (Å²) >= 11 is 0. The fourth-order valence-electron chi connectivity index (χ4n) is 0.583. The standard InChI is InChI=1S/C4H10N4/c1-2-8-4-7(5)3-6-8/h3H,2,4-5H2,1H3. The molecule has 0 aromatic carbocycles. The van der Waals surface area contributed by atoms with Gasteiger partial charge in [-0.2, -0.15) is 5.10 Å². The van der Waals surface area contributed by atoms with Crippen LogP contribution in [0.1, 0.15) is 6.92 Å². The van der Waals surface area contributed by atoms with Crippen molar-refractivity contribution >= 4 is 6.34 Å². The van der Waals surface area contributed by atoms with E-state index in [9.17, 15) is 0 Å². The highest BCUT2D eigenvalue weighted by molar-refractivity contribution is 5.54. The van der Waals surface area contributed by atoms with Crippen LogP contribution < -0.4 is 5.84 Å². The smallest absolute Gasteiger partial charge is 0.127 e. The highest BCUT2D eigenvalue weighted by Crippen LogP contribution is 1.94. The summed E-state index contributed by atoms with van der Waals surface area (Å²) < 4.78 is 0. The quantitative estimate of drug-likeness (QED) is 0.463. The number of rotatable bonds is 1. The molecule has 2 N–H and O–H groups in total. The molecule has 0 aromatic rings. The highest BCUT2D eigenvalue weighted by Gasteiger charge is 2.05. The molecule has 1 rings (SSSR count). The van der Waals surface area contributed by atoms with Crippen LogP contribution >= 0.6 is 0 Å². The Morgan fingerprint density at radius 3 is 2.88 bits per heavy atom. The third-order valence-corrected chi connectivity index (χ3v) is 1.05. The van der Waals surface area contributed by atoms with Gasteiger partial charge in [-0.3, -0.25) is 10.0 Å². The van der Waals surface area contributed by atoms with E-state index in [1.807, 2.05) is 11.9 Å². The normalized spacial score (nSPS) is 18.2. The van der Waals surface area contributed by atoms with Crippen LogP contribution in [0.4, 0.5) is 0 Å². The van der Waals surface area contributed by atoms with Crippen molar-refractivity contribution in [2.24, 2.45) is 10.9 Å². The largest absolute Gasteiger partial charge is 0.278 e. The second-order valence-corrected chi connectivity index (χ2v) is 1.71. The summed E-state index contributed by atoms with van der Waals surface area (Å²) in [7, 11) is 0. The van der Waals surface area contributed by atoms with E-state index in [0.29, 0.717) is 0 Å². The van der Waals surface area contributed by atoms with Crippen molar-refractivity contribution in [1.29, 1.82) is 0 Å². The second kappa shape index (κ2) is 2.00. The molecule has 1 heterocycles. The van der Waals surface area contributed by atoms with Crippen LogP contribution in [0.3, 0.4) is 0 Å². The summed E-state index contributed by atoms with van der Waals surface area (Å²) in [5.41, 5.74) is 0. The van der Waals surface area contributed by atoms with Crippen LogP contribution in [0.2, 0.25) is 0 Å². The van der Waals surface area contributed by atoms with Gasteiger partial charge in [0.15, 0.2) is 0 Å². The van der Waals surface area contributed by atoms with Crippen LogP contribution in [0.5, 0.6) is 0 Å². The zero-order chi connectivity index (χ0) is 5.98. The molecule has 0 radical (unpaired) electrons. The van der Waals surface area contributed by atoms with E-state index in [2.05, 4.69) is 5.10 Å². The van der Waals surface area contributed by atoms with Crippen molar-refractivity contribution in [2.75, 3.05) is 13.2 Å². The van der Waals surface area contributed by atoms with Crippen LogP contribution in [-0.2, 0) is 0 Å². The van der Waals surface area contributed by atoms with E-state index < -0.39 is 0 Å². The lowest BCUT2D eigenvalue weighted by Gasteiger charge is -2.11. The Hall–Kier alpha value is -0.770. The minimum Gasteiger partial charge on any atom is -0.278 e. The Bertz CT molecular complexity index is 100. The van der Waals surface area contributed by atoms with Crippen LogP contribution in [0.15, 0.2) is 5.10 Å². The minimum absolute atomic E-state index is 0.719. The van der Waals surface area contributed by atoms with Gasteiger partial charge in [-0.25, -0.2) is 5.84 Å². The maximum absolute atomic E-state index is 5.34. The van der Waals surface area contributed by atoms with Gasteiger partial charge in [-0.05, 0) is 6.92 Å². The zero-order valence-electron chi connectivity index (χ0n) is 4.91. The molecular weight excluding hydrogens is 104 g/mol. The topological polar surface area (TPSA) is 44.9 Å². The molecule has 0 saturated heterocycles. The van der Waals surface area contributed by atoms with Gasteiger partial charge in [-0.15, -0.1) is 0 Å². The lowest BCUT2D eigenvalue weighted by molar-refractivity contribution is 0.248. The maximum Gasteiger partial charge on any atom is 0.127 e. The van der Waals surface area contributed by atoms with Gasteiger partial charge in [0.05, 0.1) is 0 Å². The van der Waals surface area contributed by atoms with Gasteiger partial charge in [0.2, 0.25) is 0 Å². The number of hydrogen-bond donors (Lipinski definition) is 1. The molecule has 0 spiro atoms. The average Bonchev–Trinajstić information content (AvgIpc) is 2.14. The Morgan fingerprint density at radius 2 is 2.62 bits per heavy atom. The van der Waals surface area contributed by atoms with E-state index in [0.717, 1.165) is 13.2 Å². The maximum atomic E-state index is 5.34. The lowest BCUT2D eigenvalue weighted by Crippen LogP contribution is -2.31. The molecule has 0 fully saturated rings. The molecule has 0 amide bonds. The number of hydrazone groups is 1. The Labute approximate surface area is 48.5 Å². The van der Waals surface area contributed by atoms with Crippen LogP contribution in [0.25, 0.3) is 0 Å². The van der Waals surface area contributed by atoms with Crippen molar-refractivity contribution in [2.45, 2.75) is 6.92 Å². The molecule has 46 valence electrons. The molecule has 1 aliphatic rings. The third kappa shape index (κ3) is 0.894. The third-order valence-electron chi connectivity index (χ3n) is 1.05. The molecule has 4 nitrogen and oxygen atoms in total. The SMILES string of the molecule is CCN1CN(N)C=N1. The monoisotopic (exact) mass is 114 g/mol. The molecule has 0 aromatic heterocycles. The van der Waals surface area contributed by atoms with E-state index in [1.54, 1.807) is 11.3 Å². The molecule has 8 heavy (non-hydrogen) atoms. The molecular formula is C4H10N4. The Morgan fingerprint density at radius 1 is 1.88 bits per heavy atom. The van der Waals surface area contributed by atoms with Crippen molar-refractivity contribution in [1.82, 2.24) is 10.0 Å².